The van der Waals surface area contributed by atoms with Crippen molar-refractivity contribution in [2.24, 2.45) is 0 Å². The maximum Gasteiger partial charge on any atom is 0.323 e. The molecule has 1 aliphatic rings. The van der Waals surface area contributed by atoms with E-state index in [9.17, 15) is 13.2 Å². The first kappa shape index (κ1) is 15.0. The molecule has 0 radical (unpaired) electrons. The quantitative estimate of drug-likeness (QED) is 0.921. The molecule has 1 heterocycles. The molecule has 1 fully saturated rings. The molecule has 0 saturated carbocycles. The number of aliphatic carboxylic acids is 1. The summed E-state index contributed by atoms with van der Waals surface area (Å²) in [6.45, 7) is 3.56. The van der Waals surface area contributed by atoms with Crippen LogP contribution < -0.4 is 0 Å². The molecule has 1 aromatic carbocycles. The third-order valence-electron chi connectivity index (χ3n) is 3.87. The van der Waals surface area contributed by atoms with E-state index in [1.807, 2.05) is 31.2 Å². The van der Waals surface area contributed by atoms with Crippen LogP contribution in [-0.4, -0.2) is 35.6 Å². The molecule has 1 aromatic rings. The smallest absolute Gasteiger partial charge is 0.323 e. The summed E-state index contributed by atoms with van der Waals surface area (Å²) < 4.78 is 26.2. The average Bonchev–Trinajstić information content (AvgIpc) is 2.88. The largest absolute Gasteiger partial charge is 0.480 e. The maximum absolute atomic E-state index is 12.4. The van der Waals surface area contributed by atoms with E-state index < -0.39 is 21.2 Å². The van der Waals surface area contributed by atoms with Crippen molar-refractivity contribution in [1.29, 1.82) is 0 Å². The summed E-state index contributed by atoms with van der Waals surface area (Å²) in [7, 11) is -3.82. The number of hydrogen-bond acceptors (Lipinski definition) is 3. The topological polar surface area (TPSA) is 74.7 Å². The van der Waals surface area contributed by atoms with E-state index in [4.69, 9.17) is 5.11 Å². The van der Waals surface area contributed by atoms with Crippen molar-refractivity contribution >= 4 is 16.0 Å². The Morgan fingerprint density at radius 2 is 2.05 bits per heavy atom. The second-order valence-electron chi connectivity index (χ2n) is 5.15. The Morgan fingerprint density at radius 1 is 1.40 bits per heavy atom. The van der Waals surface area contributed by atoms with Gasteiger partial charge in [-0.1, -0.05) is 24.3 Å². The Kier molecular flexibility index (Phi) is 4.15. The van der Waals surface area contributed by atoms with Gasteiger partial charge in [-0.25, -0.2) is 8.42 Å². The van der Waals surface area contributed by atoms with Crippen molar-refractivity contribution in [3.05, 3.63) is 35.4 Å². The van der Waals surface area contributed by atoms with E-state index in [0.717, 1.165) is 24.0 Å². The summed E-state index contributed by atoms with van der Waals surface area (Å²) >= 11 is 0. The van der Waals surface area contributed by atoms with Gasteiger partial charge in [-0.2, -0.15) is 4.31 Å². The van der Waals surface area contributed by atoms with Crippen LogP contribution in [0.3, 0.4) is 0 Å². The van der Waals surface area contributed by atoms with Crippen LogP contribution in [-0.2, 0) is 14.8 Å². The second kappa shape index (κ2) is 5.54. The molecule has 0 aliphatic carbocycles. The number of carboxylic acids is 1. The van der Waals surface area contributed by atoms with Gasteiger partial charge in [0.05, 0.1) is 6.04 Å². The molecule has 110 valence electrons. The third kappa shape index (κ3) is 2.58. The second-order valence-corrected chi connectivity index (χ2v) is 7.36. The first-order valence-corrected chi connectivity index (χ1v) is 8.15. The lowest BCUT2D eigenvalue weighted by Crippen LogP contribution is -2.40. The van der Waals surface area contributed by atoms with Crippen molar-refractivity contribution in [1.82, 2.24) is 4.31 Å². The van der Waals surface area contributed by atoms with E-state index in [2.05, 4.69) is 0 Å². The van der Waals surface area contributed by atoms with E-state index >= 15 is 0 Å². The zero-order valence-corrected chi connectivity index (χ0v) is 12.4. The Morgan fingerprint density at radius 3 is 2.65 bits per heavy atom. The fraction of sp³-hybridized carbons (Fsp3) is 0.500. The highest BCUT2D eigenvalue weighted by Crippen LogP contribution is 2.36. The van der Waals surface area contributed by atoms with Crippen LogP contribution >= 0.6 is 0 Å². The molecule has 0 amide bonds. The lowest BCUT2D eigenvalue weighted by atomic mass is 10.0. The van der Waals surface area contributed by atoms with Crippen molar-refractivity contribution in [2.45, 2.75) is 38.0 Å². The third-order valence-corrected chi connectivity index (χ3v) is 6.06. The van der Waals surface area contributed by atoms with Gasteiger partial charge in [0.1, 0.15) is 0 Å². The number of hydrogen-bond donors (Lipinski definition) is 1. The van der Waals surface area contributed by atoms with Crippen molar-refractivity contribution in [3.8, 4) is 0 Å². The molecule has 1 saturated heterocycles. The molecule has 0 bridgehead atoms. The molecule has 2 atom stereocenters. The Bertz CT molecular complexity index is 611. The monoisotopic (exact) mass is 297 g/mol. The molecule has 20 heavy (non-hydrogen) atoms. The van der Waals surface area contributed by atoms with Crippen molar-refractivity contribution < 1.29 is 18.3 Å². The normalized spacial score (nSPS) is 21.8. The molecule has 0 spiro atoms. The molecule has 6 heteroatoms. The highest BCUT2D eigenvalue weighted by molar-refractivity contribution is 7.90. The van der Waals surface area contributed by atoms with Crippen molar-refractivity contribution in [2.75, 3.05) is 6.54 Å². The van der Waals surface area contributed by atoms with Gasteiger partial charge in [0.15, 0.2) is 5.25 Å². The summed E-state index contributed by atoms with van der Waals surface area (Å²) in [5.74, 6) is -1.31. The van der Waals surface area contributed by atoms with Gasteiger partial charge in [-0.15, -0.1) is 0 Å². The first-order chi connectivity index (χ1) is 9.35. The number of sulfonamides is 1. The van der Waals surface area contributed by atoms with Crippen LogP contribution in [0.2, 0.25) is 0 Å². The van der Waals surface area contributed by atoms with Crippen LogP contribution in [0, 0.1) is 6.92 Å². The summed E-state index contributed by atoms with van der Waals surface area (Å²) in [5.41, 5.74) is 1.99. The molecule has 1 N–H and O–H groups in total. The Hall–Kier alpha value is -1.40. The van der Waals surface area contributed by atoms with Gasteiger partial charge in [-0.05, 0) is 37.8 Å². The summed E-state index contributed by atoms with van der Waals surface area (Å²) in [5, 5.41) is 7.57. The Labute approximate surface area is 119 Å². The first-order valence-electron chi connectivity index (χ1n) is 6.64. The molecular formula is C14H19NO4S. The average molecular weight is 297 g/mol. The molecule has 2 rings (SSSR count). The fourth-order valence-electron chi connectivity index (χ4n) is 2.65. The number of rotatable bonds is 4. The minimum atomic E-state index is -3.82. The van der Waals surface area contributed by atoms with E-state index in [0.29, 0.717) is 6.54 Å². The highest BCUT2D eigenvalue weighted by atomic mass is 32.2. The SMILES string of the molecule is Cc1ccccc1C1CCCN1S(=O)(=O)C(C)C(=O)O. The lowest BCUT2D eigenvalue weighted by molar-refractivity contribution is -0.136. The number of nitrogens with zero attached hydrogens (tertiary/aromatic N) is 1. The van der Waals surface area contributed by atoms with Crippen LogP contribution in [0.25, 0.3) is 0 Å². The highest BCUT2D eigenvalue weighted by Gasteiger charge is 2.41. The van der Waals surface area contributed by atoms with Crippen molar-refractivity contribution in [3.63, 3.8) is 0 Å². The molecule has 5 nitrogen and oxygen atoms in total. The van der Waals surface area contributed by atoms with Crippen LogP contribution in [0.5, 0.6) is 0 Å². The van der Waals surface area contributed by atoms with Crippen LogP contribution in [0.15, 0.2) is 24.3 Å². The summed E-state index contributed by atoms with van der Waals surface area (Å²) in [4.78, 5) is 11.0. The van der Waals surface area contributed by atoms with Crippen LogP contribution in [0.1, 0.15) is 36.9 Å². The van der Waals surface area contributed by atoms with Gasteiger partial charge in [0.2, 0.25) is 10.0 Å². The lowest BCUT2D eigenvalue weighted by Gasteiger charge is -2.27. The molecular weight excluding hydrogens is 278 g/mol. The summed E-state index contributed by atoms with van der Waals surface area (Å²) in [6.07, 6.45) is 1.49. The zero-order chi connectivity index (χ0) is 14.9. The molecule has 1 aliphatic heterocycles. The van der Waals surface area contributed by atoms with Gasteiger partial charge >= 0.3 is 5.97 Å². The van der Waals surface area contributed by atoms with E-state index in [1.165, 1.54) is 11.2 Å². The number of aryl methyl sites for hydroxylation is 1. The predicted molar refractivity (Wildman–Crippen MR) is 75.9 cm³/mol. The fourth-order valence-corrected chi connectivity index (χ4v) is 4.26. The van der Waals surface area contributed by atoms with Gasteiger partial charge < -0.3 is 5.11 Å². The zero-order valence-electron chi connectivity index (χ0n) is 11.6. The number of benzene rings is 1. The minimum Gasteiger partial charge on any atom is -0.480 e. The molecule has 2 unspecified atom stereocenters. The van der Waals surface area contributed by atoms with E-state index in [1.54, 1.807) is 0 Å². The summed E-state index contributed by atoms with van der Waals surface area (Å²) in [6, 6.07) is 7.40. The minimum absolute atomic E-state index is 0.247. The Balaban J connectivity index is 2.38. The molecule has 0 aromatic heterocycles. The van der Waals surface area contributed by atoms with E-state index in [-0.39, 0.29) is 6.04 Å². The number of carboxylic acid groups (broad SMARTS) is 1. The maximum atomic E-state index is 12.4. The van der Waals surface area contributed by atoms with Gasteiger partial charge in [0.25, 0.3) is 0 Å². The van der Waals surface area contributed by atoms with Gasteiger partial charge in [-0.3, -0.25) is 4.79 Å². The van der Waals surface area contributed by atoms with Crippen LogP contribution in [0.4, 0.5) is 0 Å². The predicted octanol–water partition coefficient (Wildman–Crippen LogP) is 1.93. The number of carbonyl (C=O) groups is 1. The standard InChI is InChI=1S/C14H19NO4S/c1-10-6-3-4-7-12(10)13-8-5-9-15(13)20(18,19)11(2)14(16)17/h3-4,6-7,11,13H,5,8-9H2,1-2H3,(H,16,17). The van der Waals surface area contributed by atoms with Gasteiger partial charge in [0, 0.05) is 6.54 Å².